The van der Waals surface area contributed by atoms with Crippen molar-refractivity contribution in [3.63, 3.8) is 0 Å². The van der Waals surface area contributed by atoms with E-state index in [4.69, 9.17) is 4.74 Å². The Morgan fingerprint density at radius 2 is 2.10 bits per heavy atom. The van der Waals surface area contributed by atoms with Crippen LogP contribution in [-0.2, 0) is 0 Å². The number of hydrogen-bond acceptors (Lipinski definition) is 5. The molecule has 2 aromatic carbocycles. The van der Waals surface area contributed by atoms with Gasteiger partial charge in [0.25, 0.3) is 5.91 Å². The number of aryl methyl sites for hydroxylation is 1. The Kier molecular flexibility index (Phi) is 6.52. The summed E-state index contributed by atoms with van der Waals surface area (Å²) in [5.74, 6) is 0.855. The number of H-pyrrole nitrogens is 1. The molecule has 7 nitrogen and oxygen atoms in total. The fourth-order valence-corrected chi connectivity index (χ4v) is 4.04. The van der Waals surface area contributed by atoms with Gasteiger partial charge in [-0.05, 0) is 37.1 Å². The Labute approximate surface area is 182 Å². The van der Waals surface area contributed by atoms with Crippen LogP contribution in [0.5, 0.6) is 5.75 Å². The molecule has 0 saturated carbocycles. The van der Waals surface area contributed by atoms with Crippen molar-refractivity contribution in [3.05, 3.63) is 66.1 Å². The molecule has 1 aromatic heterocycles. The van der Waals surface area contributed by atoms with E-state index in [1.807, 2.05) is 53.4 Å². The number of benzene rings is 2. The van der Waals surface area contributed by atoms with Gasteiger partial charge in [0.15, 0.2) is 0 Å². The van der Waals surface area contributed by atoms with Crippen LogP contribution in [0.3, 0.4) is 0 Å². The van der Waals surface area contributed by atoms with Crippen molar-refractivity contribution < 1.29 is 9.53 Å². The molecule has 3 aromatic rings. The van der Waals surface area contributed by atoms with Gasteiger partial charge in [0.2, 0.25) is 0 Å². The van der Waals surface area contributed by atoms with E-state index in [2.05, 4.69) is 27.5 Å². The molecule has 1 fully saturated rings. The third-order valence-electron chi connectivity index (χ3n) is 5.74. The van der Waals surface area contributed by atoms with Gasteiger partial charge in [0.05, 0.1) is 13.4 Å². The zero-order valence-electron chi connectivity index (χ0n) is 18.0. The first-order valence-electron chi connectivity index (χ1n) is 10.7. The lowest BCUT2D eigenvalue weighted by molar-refractivity contribution is 0.0625. The summed E-state index contributed by atoms with van der Waals surface area (Å²) in [6.07, 6.45) is 2.44. The Balaban J connectivity index is 1.43. The van der Waals surface area contributed by atoms with Gasteiger partial charge in [-0.2, -0.15) is 0 Å². The smallest absolute Gasteiger partial charge is 0.272 e. The van der Waals surface area contributed by atoms with Crippen molar-refractivity contribution in [1.29, 1.82) is 0 Å². The molecule has 0 unspecified atom stereocenters. The van der Waals surface area contributed by atoms with E-state index in [9.17, 15) is 4.79 Å². The number of anilines is 1. The van der Waals surface area contributed by atoms with Crippen LogP contribution in [0.2, 0.25) is 0 Å². The van der Waals surface area contributed by atoms with Crippen LogP contribution in [0, 0.1) is 6.92 Å². The van der Waals surface area contributed by atoms with Crippen molar-refractivity contribution >= 4 is 11.6 Å². The molecular weight excluding hydrogens is 390 g/mol. The molecule has 3 N–H and O–H groups in total. The number of hydrogen-bond donors (Lipinski definition) is 3. The second-order valence-corrected chi connectivity index (χ2v) is 7.74. The van der Waals surface area contributed by atoms with Crippen LogP contribution in [-0.4, -0.2) is 60.1 Å². The first kappa shape index (κ1) is 20.9. The largest absolute Gasteiger partial charge is 0.497 e. The van der Waals surface area contributed by atoms with Crippen LogP contribution in [0.25, 0.3) is 11.3 Å². The first-order chi connectivity index (χ1) is 15.2. The molecule has 2 heterocycles. The van der Waals surface area contributed by atoms with E-state index in [0.29, 0.717) is 17.9 Å². The molecule has 1 amide bonds. The SMILES string of the molecule is COc1ccc(NCC[C@@H]2CNCCN2C(=O)c2[nH]cnc2-c2ccccc2)c(C)c1. The van der Waals surface area contributed by atoms with Crippen LogP contribution in [0.4, 0.5) is 5.69 Å². The molecular formula is C24H29N5O2. The zero-order valence-corrected chi connectivity index (χ0v) is 18.0. The number of aromatic nitrogens is 2. The van der Waals surface area contributed by atoms with Gasteiger partial charge in [-0.3, -0.25) is 4.79 Å². The summed E-state index contributed by atoms with van der Waals surface area (Å²) < 4.78 is 5.28. The fourth-order valence-electron chi connectivity index (χ4n) is 4.04. The van der Waals surface area contributed by atoms with Crippen LogP contribution < -0.4 is 15.4 Å². The Hall–Kier alpha value is -3.32. The summed E-state index contributed by atoms with van der Waals surface area (Å²) in [4.78, 5) is 22.9. The summed E-state index contributed by atoms with van der Waals surface area (Å²) in [6, 6.07) is 15.9. The second kappa shape index (κ2) is 9.66. The molecule has 31 heavy (non-hydrogen) atoms. The van der Waals surface area contributed by atoms with Crippen molar-refractivity contribution in [2.45, 2.75) is 19.4 Å². The normalized spacial score (nSPS) is 16.2. The highest BCUT2D eigenvalue weighted by Crippen LogP contribution is 2.24. The summed E-state index contributed by atoms with van der Waals surface area (Å²) >= 11 is 0. The van der Waals surface area contributed by atoms with Crippen LogP contribution in [0.1, 0.15) is 22.5 Å². The number of aromatic amines is 1. The Bertz CT molecular complexity index is 1020. The fraction of sp³-hybridized carbons (Fsp3) is 0.333. The van der Waals surface area contributed by atoms with Gasteiger partial charge >= 0.3 is 0 Å². The number of amides is 1. The van der Waals surface area contributed by atoms with E-state index < -0.39 is 0 Å². The molecule has 1 aliphatic heterocycles. The summed E-state index contributed by atoms with van der Waals surface area (Å²) in [5, 5.41) is 6.92. The average molecular weight is 420 g/mol. The van der Waals surface area contributed by atoms with Gasteiger partial charge in [-0.1, -0.05) is 30.3 Å². The Morgan fingerprint density at radius 3 is 2.87 bits per heavy atom. The predicted molar refractivity (Wildman–Crippen MR) is 123 cm³/mol. The number of carbonyl (C=O) groups excluding carboxylic acids is 1. The number of ether oxygens (including phenoxy) is 1. The molecule has 1 aliphatic rings. The van der Waals surface area contributed by atoms with E-state index in [1.54, 1.807) is 13.4 Å². The summed E-state index contributed by atoms with van der Waals surface area (Å²) in [5.41, 5.74) is 4.42. The van der Waals surface area contributed by atoms with Crippen molar-refractivity contribution in [1.82, 2.24) is 20.2 Å². The van der Waals surface area contributed by atoms with Crippen LogP contribution >= 0.6 is 0 Å². The van der Waals surface area contributed by atoms with Crippen molar-refractivity contribution in [2.24, 2.45) is 0 Å². The number of piperazine rings is 1. The zero-order chi connectivity index (χ0) is 21.6. The molecule has 0 aliphatic carbocycles. The molecule has 4 rings (SSSR count). The van der Waals surface area contributed by atoms with E-state index in [-0.39, 0.29) is 11.9 Å². The molecule has 0 spiro atoms. The number of imidazole rings is 1. The standard InChI is InChI=1S/C24H29N5O2/c1-17-14-20(31-2)8-9-21(17)26-11-10-19-15-25-12-13-29(19)24(30)23-22(27-16-28-23)18-6-4-3-5-7-18/h3-9,14,16,19,25-26H,10-13,15H2,1-2H3,(H,27,28)/t19-/m1/s1. The monoisotopic (exact) mass is 419 g/mol. The highest BCUT2D eigenvalue weighted by atomic mass is 16.5. The summed E-state index contributed by atoms with van der Waals surface area (Å²) in [7, 11) is 1.67. The number of nitrogens with zero attached hydrogens (tertiary/aromatic N) is 2. The molecule has 0 bridgehead atoms. The van der Waals surface area contributed by atoms with E-state index >= 15 is 0 Å². The quantitative estimate of drug-likeness (QED) is 0.547. The topological polar surface area (TPSA) is 82.3 Å². The van der Waals surface area contributed by atoms with E-state index in [1.165, 1.54) is 0 Å². The lowest BCUT2D eigenvalue weighted by Crippen LogP contribution is -2.54. The predicted octanol–water partition coefficient (Wildman–Crippen LogP) is 3.31. The lowest BCUT2D eigenvalue weighted by atomic mass is 10.1. The van der Waals surface area contributed by atoms with Gasteiger partial charge in [-0.25, -0.2) is 4.98 Å². The lowest BCUT2D eigenvalue weighted by Gasteiger charge is -2.36. The highest BCUT2D eigenvalue weighted by molar-refractivity contribution is 5.98. The third kappa shape index (κ3) is 4.72. The number of carbonyl (C=O) groups is 1. The van der Waals surface area contributed by atoms with Gasteiger partial charge in [0.1, 0.15) is 17.1 Å². The number of rotatable bonds is 7. The third-order valence-corrected chi connectivity index (χ3v) is 5.74. The molecule has 7 heteroatoms. The number of methoxy groups -OCH3 is 1. The maximum absolute atomic E-state index is 13.4. The summed E-state index contributed by atoms with van der Waals surface area (Å²) in [6.45, 7) is 5.09. The first-order valence-corrected chi connectivity index (χ1v) is 10.7. The highest BCUT2D eigenvalue weighted by Gasteiger charge is 2.29. The Morgan fingerprint density at radius 1 is 1.26 bits per heavy atom. The average Bonchev–Trinajstić information content (AvgIpc) is 3.30. The minimum absolute atomic E-state index is 0.00322. The maximum Gasteiger partial charge on any atom is 0.272 e. The molecule has 1 atom stereocenters. The molecule has 1 saturated heterocycles. The van der Waals surface area contributed by atoms with Crippen molar-refractivity contribution in [2.75, 3.05) is 38.6 Å². The van der Waals surface area contributed by atoms with E-state index in [0.717, 1.165) is 48.6 Å². The van der Waals surface area contributed by atoms with Gasteiger partial charge in [0, 0.05) is 43.5 Å². The van der Waals surface area contributed by atoms with Gasteiger partial charge < -0.3 is 25.3 Å². The molecule has 0 radical (unpaired) electrons. The maximum atomic E-state index is 13.4. The van der Waals surface area contributed by atoms with Gasteiger partial charge in [-0.15, -0.1) is 0 Å². The second-order valence-electron chi connectivity index (χ2n) is 7.74. The van der Waals surface area contributed by atoms with Crippen LogP contribution in [0.15, 0.2) is 54.9 Å². The minimum atomic E-state index is 0.00322. The van der Waals surface area contributed by atoms with Crippen molar-refractivity contribution in [3.8, 4) is 17.0 Å². The minimum Gasteiger partial charge on any atom is -0.497 e. The molecule has 162 valence electrons. The number of nitrogens with one attached hydrogen (secondary N) is 3.